The number of carbonyl (C=O) groups excluding carboxylic acids is 1. The van der Waals surface area contributed by atoms with Crippen molar-refractivity contribution in [1.82, 2.24) is 0 Å². The number of nitrogens with two attached hydrogens (primary N) is 1. The van der Waals surface area contributed by atoms with E-state index in [1.54, 1.807) is 0 Å². The van der Waals surface area contributed by atoms with Crippen LogP contribution in [0.25, 0.3) is 0 Å². The number of hydrogen-bond acceptors (Lipinski definition) is 3. The van der Waals surface area contributed by atoms with Gasteiger partial charge < -0.3 is 15.4 Å². The zero-order valence-corrected chi connectivity index (χ0v) is 11.5. The molecular formula is C15H22N2O2. The van der Waals surface area contributed by atoms with Gasteiger partial charge in [0.1, 0.15) is 5.75 Å². The van der Waals surface area contributed by atoms with Gasteiger partial charge in [0, 0.05) is 13.1 Å². The SMILES string of the molecule is CCCCCCN1C(=O)COc2cc(CN)ccc21. The van der Waals surface area contributed by atoms with Gasteiger partial charge in [-0.1, -0.05) is 32.3 Å². The van der Waals surface area contributed by atoms with E-state index in [-0.39, 0.29) is 12.5 Å². The minimum atomic E-state index is 0.0458. The molecule has 1 aromatic rings. The van der Waals surface area contributed by atoms with Gasteiger partial charge in [0.15, 0.2) is 6.61 Å². The highest BCUT2D eigenvalue weighted by Crippen LogP contribution is 2.33. The van der Waals surface area contributed by atoms with Crippen LogP contribution in [0.4, 0.5) is 5.69 Å². The van der Waals surface area contributed by atoms with Gasteiger partial charge in [-0.25, -0.2) is 0 Å². The molecule has 0 radical (unpaired) electrons. The first-order valence-electron chi connectivity index (χ1n) is 7.02. The van der Waals surface area contributed by atoms with Crippen molar-refractivity contribution in [2.45, 2.75) is 39.2 Å². The average Bonchev–Trinajstić information content (AvgIpc) is 2.45. The molecule has 1 aromatic carbocycles. The van der Waals surface area contributed by atoms with Gasteiger partial charge in [0.2, 0.25) is 0 Å². The molecule has 2 N–H and O–H groups in total. The molecule has 0 aliphatic carbocycles. The second kappa shape index (κ2) is 6.57. The molecule has 0 aromatic heterocycles. The Bertz CT molecular complexity index is 446. The molecule has 0 unspecified atom stereocenters. The standard InChI is InChI=1S/C15H22N2O2/c1-2-3-4-5-8-17-13-7-6-12(10-16)9-14(13)19-11-15(17)18/h6-7,9H,2-5,8,10-11,16H2,1H3. The molecule has 0 bridgehead atoms. The lowest BCUT2D eigenvalue weighted by Gasteiger charge is -2.29. The van der Waals surface area contributed by atoms with Gasteiger partial charge in [-0.2, -0.15) is 0 Å². The number of anilines is 1. The molecule has 4 heteroatoms. The van der Waals surface area contributed by atoms with Crippen LogP contribution in [-0.4, -0.2) is 19.1 Å². The molecule has 1 aliphatic rings. The summed E-state index contributed by atoms with van der Waals surface area (Å²) >= 11 is 0. The lowest BCUT2D eigenvalue weighted by Crippen LogP contribution is -2.39. The number of fused-ring (bicyclic) bond motifs is 1. The molecule has 19 heavy (non-hydrogen) atoms. The highest BCUT2D eigenvalue weighted by molar-refractivity contribution is 5.97. The summed E-state index contributed by atoms with van der Waals surface area (Å²) in [4.78, 5) is 13.8. The van der Waals surface area contributed by atoms with E-state index in [0.717, 1.165) is 36.4 Å². The summed E-state index contributed by atoms with van der Waals surface area (Å²) < 4.78 is 5.49. The van der Waals surface area contributed by atoms with Crippen LogP contribution in [0.15, 0.2) is 18.2 Å². The Morgan fingerprint density at radius 2 is 2.16 bits per heavy atom. The van der Waals surface area contributed by atoms with Crippen molar-refractivity contribution in [2.24, 2.45) is 5.73 Å². The van der Waals surface area contributed by atoms with Crippen molar-refractivity contribution < 1.29 is 9.53 Å². The summed E-state index contributed by atoms with van der Waals surface area (Å²) in [5, 5.41) is 0. The zero-order valence-electron chi connectivity index (χ0n) is 11.5. The zero-order chi connectivity index (χ0) is 13.7. The van der Waals surface area contributed by atoms with Crippen LogP contribution >= 0.6 is 0 Å². The summed E-state index contributed by atoms with van der Waals surface area (Å²) in [7, 11) is 0. The van der Waals surface area contributed by atoms with Crippen LogP contribution in [0.2, 0.25) is 0 Å². The Hall–Kier alpha value is -1.55. The highest BCUT2D eigenvalue weighted by atomic mass is 16.5. The summed E-state index contributed by atoms with van der Waals surface area (Å²) in [5.41, 5.74) is 7.53. The van der Waals surface area contributed by atoms with E-state index in [2.05, 4.69) is 6.92 Å². The molecule has 0 atom stereocenters. The number of carbonyl (C=O) groups is 1. The average molecular weight is 262 g/mol. The number of benzene rings is 1. The van der Waals surface area contributed by atoms with Gasteiger partial charge >= 0.3 is 0 Å². The number of rotatable bonds is 6. The first-order valence-corrected chi connectivity index (χ1v) is 7.02. The van der Waals surface area contributed by atoms with E-state index in [1.807, 2.05) is 23.1 Å². The number of ether oxygens (including phenoxy) is 1. The third-order valence-corrected chi connectivity index (χ3v) is 3.44. The second-order valence-corrected chi connectivity index (χ2v) is 4.90. The van der Waals surface area contributed by atoms with Gasteiger partial charge in [0.05, 0.1) is 5.69 Å². The molecule has 0 spiro atoms. The third kappa shape index (κ3) is 3.26. The minimum Gasteiger partial charge on any atom is -0.482 e. The van der Waals surface area contributed by atoms with E-state index in [9.17, 15) is 4.79 Å². The highest BCUT2D eigenvalue weighted by Gasteiger charge is 2.24. The molecule has 1 aliphatic heterocycles. The van der Waals surface area contributed by atoms with Crippen LogP contribution in [0.3, 0.4) is 0 Å². The predicted molar refractivity (Wildman–Crippen MR) is 76.3 cm³/mol. The Balaban J connectivity index is 2.09. The van der Waals surface area contributed by atoms with Crippen molar-refractivity contribution in [2.75, 3.05) is 18.1 Å². The monoisotopic (exact) mass is 262 g/mol. The lowest BCUT2D eigenvalue weighted by molar-refractivity contribution is -0.121. The predicted octanol–water partition coefficient (Wildman–Crippen LogP) is 2.45. The summed E-state index contributed by atoms with van der Waals surface area (Å²) in [6.07, 6.45) is 4.63. The van der Waals surface area contributed by atoms with Gasteiger partial charge in [-0.3, -0.25) is 4.79 Å². The van der Waals surface area contributed by atoms with Crippen molar-refractivity contribution >= 4 is 11.6 Å². The molecule has 4 nitrogen and oxygen atoms in total. The van der Waals surface area contributed by atoms with Gasteiger partial charge in [-0.15, -0.1) is 0 Å². The van der Waals surface area contributed by atoms with Gasteiger partial charge in [-0.05, 0) is 24.1 Å². The molecule has 0 saturated carbocycles. The Kier molecular flexibility index (Phi) is 4.80. The second-order valence-electron chi connectivity index (χ2n) is 4.90. The summed E-state index contributed by atoms with van der Waals surface area (Å²) in [6.45, 7) is 3.58. The Morgan fingerprint density at radius 3 is 2.89 bits per heavy atom. The van der Waals surface area contributed by atoms with E-state index >= 15 is 0 Å². The smallest absolute Gasteiger partial charge is 0.265 e. The van der Waals surface area contributed by atoms with Crippen LogP contribution in [-0.2, 0) is 11.3 Å². The maximum Gasteiger partial charge on any atom is 0.265 e. The number of hydrogen-bond donors (Lipinski definition) is 1. The molecular weight excluding hydrogens is 240 g/mol. The fourth-order valence-corrected chi connectivity index (χ4v) is 2.32. The fraction of sp³-hybridized carbons (Fsp3) is 0.533. The number of unbranched alkanes of at least 4 members (excludes halogenated alkanes) is 3. The van der Waals surface area contributed by atoms with Crippen molar-refractivity contribution in [1.29, 1.82) is 0 Å². The van der Waals surface area contributed by atoms with Crippen molar-refractivity contribution in [3.8, 4) is 5.75 Å². The van der Waals surface area contributed by atoms with Gasteiger partial charge in [0.25, 0.3) is 5.91 Å². The third-order valence-electron chi connectivity index (χ3n) is 3.44. The Labute approximate surface area is 114 Å². The topological polar surface area (TPSA) is 55.6 Å². The maximum absolute atomic E-state index is 12.0. The first-order chi connectivity index (χ1) is 9.26. The molecule has 0 saturated heterocycles. The number of nitrogens with zero attached hydrogens (tertiary/aromatic N) is 1. The number of amides is 1. The first kappa shape index (κ1) is 13.9. The van der Waals surface area contributed by atoms with Crippen molar-refractivity contribution in [3.05, 3.63) is 23.8 Å². The van der Waals surface area contributed by atoms with Crippen LogP contribution in [0.5, 0.6) is 5.75 Å². The van der Waals surface area contributed by atoms with Crippen LogP contribution in [0, 0.1) is 0 Å². The Morgan fingerprint density at radius 1 is 1.32 bits per heavy atom. The summed E-state index contributed by atoms with van der Waals surface area (Å²) in [5.74, 6) is 0.822. The molecule has 1 amide bonds. The van der Waals surface area contributed by atoms with Crippen LogP contribution in [0.1, 0.15) is 38.2 Å². The quantitative estimate of drug-likeness (QED) is 0.801. The van der Waals surface area contributed by atoms with Crippen LogP contribution < -0.4 is 15.4 Å². The largest absolute Gasteiger partial charge is 0.482 e. The van der Waals surface area contributed by atoms with E-state index in [0.29, 0.717) is 6.54 Å². The molecule has 104 valence electrons. The van der Waals surface area contributed by atoms with Crippen molar-refractivity contribution in [3.63, 3.8) is 0 Å². The normalized spacial score (nSPS) is 14.2. The fourth-order valence-electron chi connectivity index (χ4n) is 2.32. The lowest BCUT2D eigenvalue weighted by atomic mass is 10.1. The maximum atomic E-state index is 12.0. The summed E-state index contributed by atoms with van der Waals surface area (Å²) in [6, 6.07) is 5.83. The molecule has 2 rings (SSSR count). The van der Waals surface area contributed by atoms with E-state index < -0.39 is 0 Å². The molecule has 1 heterocycles. The minimum absolute atomic E-state index is 0.0458. The molecule has 0 fully saturated rings. The van der Waals surface area contributed by atoms with E-state index in [4.69, 9.17) is 10.5 Å². The van der Waals surface area contributed by atoms with E-state index in [1.165, 1.54) is 12.8 Å².